The third-order valence-electron chi connectivity index (χ3n) is 5.91. The Morgan fingerprint density at radius 2 is 1.77 bits per heavy atom. The van der Waals surface area contributed by atoms with Gasteiger partial charge in [-0.1, -0.05) is 30.3 Å². The van der Waals surface area contributed by atoms with Crippen LogP contribution in [0.3, 0.4) is 0 Å². The number of halogens is 1. The van der Waals surface area contributed by atoms with Crippen LogP contribution < -0.4 is 14.4 Å². The average molecular weight is 473 g/mol. The van der Waals surface area contributed by atoms with E-state index in [4.69, 9.17) is 9.47 Å². The first-order valence-corrected chi connectivity index (χ1v) is 10.7. The van der Waals surface area contributed by atoms with Gasteiger partial charge in [0, 0.05) is 5.56 Å². The van der Waals surface area contributed by atoms with Crippen LogP contribution >= 0.6 is 0 Å². The number of nitrogens with one attached hydrogen (secondary N) is 1. The molecule has 0 radical (unpaired) electrons. The SMILES string of the molecule is COc1ccc(OC)c(/C(O)=C2\C(=O)C(=O)N(c3nc4ccccc4[nH]3)C2c2ccccc2F)c1. The van der Waals surface area contributed by atoms with Crippen molar-refractivity contribution in [2.75, 3.05) is 19.1 Å². The lowest BCUT2D eigenvalue weighted by Gasteiger charge is -2.23. The number of aliphatic hydroxyl groups excluding tert-OH is 1. The maximum Gasteiger partial charge on any atom is 0.302 e. The molecule has 176 valence electrons. The molecule has 35 heavy (non-hydrogen) atoms. The molecule has 1 fully saturated rings. The summed E-state index contributed by atoms with van der Waals surface area (Å²) in [5.74, 6) is -2.43. The number of aromatic amines is 1. The van der Waals surface area contributed by atoms with Gasteiger partial charge in [0.15, 0.2) is 0 Å². The smallest absolute Gasteiger partial charge is 0.302 e. The van der Waals surface area contributed by atoms with Gasteiger partial charge in [0.25, 0.3) is 5.78 Å². The van der Waals surface area contributed by atoms with E-state index in [0.29, 0.717) is 16.8 Å². The van der Waals surface area contributed by atoms with E-state index in [1.165, 1.54) is 38.5 Å². The zero-order valence-corrected chi connectivity index (χ0v) is 18.8. The number of para-hydroxylation sites is 2. The summed E-state index contributed by atoms with van der Waals surface area (Å²) in [6.45, 7) is 0. The lowest BCUT2D eigenvalue weighted by Crippen LogP contribution is -2.30. The summed E-state index contributed by atoms with van der Waals surface area (Å²) >= 11 is 0. The van der Waals surface area contributed by atoms with Gasteiger partial charge < -0.3 is 19.6 Å². The molecule has 3 aromatic carbocycles. The largest absolute Gasteiger partial charge is 0.507 e. The normalized spacial score (nSPS) is 17.2. The summed E-state index contributed by atoms with van der Waals surface area (Å²) in [4.78, 5) is 35.1. The minimum Gasteiger partial charge on any atom is -0.507 e. The molecule has 1 aromatic heterocycles. The number of H-pyrrole nitrogens is 1. The Morgan fingerprint density at radius 3 is 2.49 bits per heavy atom. The van der Waals surface area contributed by atoms with Gasteiger partial charge in [0.2, 0.25) is 5.95 Å². The zero-order chi connectivity index (χ0) is 24.7. The standard InChI is InChI=1S/C26H20FN3O5/c1-34-14-11-12-20(35-2)16(13-14)23(31)21-22(15-7-3-4-8-17(15)27)30(25(33)24(21)32)26-28-18-9-5-6-10-19(18)29-26/h3-13,22,31H,1-2H3,(H,28,29)/b23-21+. The van der Waals surface area contributed by atoms with E-state index < -0.39 is 29.3 Å². The quantitative estimate of drug-likeness (QED) is 0.254. The predicted octanol–water partition coefficient (Wildman–Crippen LogP) is 4.35. The number of carbonyl (C=O) groups excluding carboxylic acids is 2. The van der Waals surface area contributed by atoms with Crippen molar-refractivity contribution in [3.63, 3.8) is 0 Å². The van der Waals surface area contributed by atoms with Crippen LogP contribution in [0.25, 0.3) is 16.8 Å². The number of ether oxygens (including phenoxy) is 2. The highest BCUT2D eigenvalue weighted by atomic mass is 19.1. The number of anilines is 1. The third kappa shape index (κ3) is 3.57. The Labute approximate surface area is 199 Å². The van der Waals surface area contributed by atoms with Gasteiger partial charge in [-0.15, -0.1) is 0 Å². The molecular weight excluding hydrogens is 453 g/mol. The lowest BCUT2D eigenvalue weighted by atomic mass is 9.94. The Kier molecular flexibility index (Phi) is 5.44. The fraction of sp³-hybridized carbons (Fsp3) is 0.115. The van der Waals surface area contributed by atoms with Crippen molar-refractivity contribution in [3.8, 4) is 11.5 Å². The maximum absolute atomic E-state index is 15.1. The Bertz CT molecular complexity index is 1480. The Hall–Kier alpha value is -4.66. The van der Waals surface area contributed by atoms with E-state index in [2.05, 4.69) is 9.97 Å². The van der Waals surface area contributed by atoms with Crippen LogP contribution in [0.4, 0.5) is 10.3 Å². The molecule has 4 aromatic rings. The number of Topliss-reactive ketones (excluding diaryl/α,β-unsaturated/α-hetero) is 1. The molecule has 1 aliphatic heterocycles. The summed E-state index contributed by atoms with van der Waals surface area (Å²) in [6.07, 6.45) is 0. The second-order valence-corrected chi connectivity index (χ2v) is 7.83. The highest BCUT2D eigenvalue weighted by Crippen LogP contribution is 2.44. The van der Waals surface area contributed by atoms with E-state index in [1.54, 1.807) is 42.5 Å². The average Bonchev–Trinajstić information content (AvgIpc) is 3.41. The molecule has 0 bridgehead atoms. The number of aromatic nitrogens is 2. The highest BCUT2D eigenvalue weighted by molar-refractivity contribution is 6.51. The first-order valence-electron chi connectivity index (χ1n) is 10.7. The van der Waals surface area contributed by atoms with E-state index in [-0.39, 0.29) is 28.4 Å². The van der Waals surface area contributed by atoms with Gasteiger partial charge in [-0.25, -0.2) is 9.37 Å². The molecule has 1 unspecified atom stereocenters. The topological polar surface area (TPSA) is 105 Å². The number of imidazole rings is 1. The third-order valence-corrected chi connectivity index (χ3v) is 5.91. The van der Waals surface area contributed by atoms with Crippen molar-refractivity contribution < 1.29 is 28.6 Å². The number of amides is 1. The minimum absolute atomic E-state index is 0.0237. The molecule has 0 aliphatic carbocycles. The van der Waals surface area contributed by atoms with Crippen molar-refractivity contribution >= 4 is 34.4 Å². The van der Waals surface area contributed by atoms with Gasteiger partial charge in [0.1, 0.15) is 29.1 Å². The number of benzene rings is 3. The van der Waals surface area contributed by atoms with Crippen LogP contribution in [0.5, 0.6) is 11.5 Å². The summed E-state index contributed by atoms with van der Waals surface area (Å²) in [7, 11) is 2.85. The molecule has 8 nitrogen and oxygen atoms in total. The summed E-state index contributed by atoms with van der Waals surface area (Å²) < 4.78 is 25.7. The van der Waals surface area contributed by atoms with Crippen molar-refractivity contribution in [1.82, 2.24) is 9.97 Å². The molecule has 0 spiro atoms. The second kappa shape index (κ2) is 8.60. The minimum atomic E-state index is -1.28. The van der Waals surface area contributed by atoms with Crippen LogP contribution in [0.2, 0.25) is 0 Å². The monoisotopic (exact) mass is 473 g/mol. The number of rotatable bonds is 5. The molecule has 5 rings (SSSR count). The van der Waals surface area contributed by atoms with Gasteiger partial charge >= 0.3 is 5.91 Å². The van der Waals surface area contributed by atoms with E-state index in [9.17, 15) is 14.7 Å². The van der Waals surface area contributed by atoms with E-state index >= 15 is 4.39 Å². The number of hydrogen-bond donors (Lipinski definition) is 2. The molecule has 1 saturated heterocycles. The van der Waals surface area contributed by atoms with Crippen molar-refractivity contribution in [2.24, 2.45) is 0 Å². The molecule has 9 heteroatoms. The number of methoxy groups -OCH3 is 2. The number of nitrogens with zero attached hydrogens (tertiary/aromatic N) is 2. The number of hydrogen-bond acceptors (Lipinski definition) is 6. The fourth-order valence-corrected chi connectivity index (χ4v) is 4.24. The summed E-state index contributed by atoms with van der Waals surface area (Å²) in [6, 6.07) is 16.2. The lowest BCUT2D eigenvalue weighted by molar-refractivity contribution is -0.132. The van der Waals surface area contributed by atoms with Crippen LogP contribution in [-0.2, 0) is 9.59 Å². The highest BCUT2D eigenvalue weighted by Gasteiger charge is 2.49. The van der Waals surface area contributed by atoms with Crippen LogP contribution in [-0.4, -0.2) is 41.0 Å². The molecule has 1 amide bonds. The number of carbonyl (C=O) groups is 2. The molecule has 1 atom stereocenters. The van der Waals surface area contributed by atoms with Crippen LogP contribution in [0, 0.1) is 5.82 Å². The molecule has 2 heterocycles. The summed E-state index contributed by atoms with van der Waals surface area (Å²) in [5.41, 5.74) is 1.04. The van der Waals surface area contributed by atoms with Gasteiger partial charge in [-0.2, -0.15) is 0 Å². The molecular formula is C26H20FN3O5. The number of aliphatic hydroxyl groups is 1. The number of fused-ring (bicyclic) bond motifs is 1. The first kappa shape index (κ1) is 22.1. The van der Waals surface area contributed by atoms with Crippen molar-refractivity contribution in [1.29, 1.82) is 0 Å². The van der Waals surface area contributed by atoms with Crippen LogP contribution in [0.15, 0.2) is 72.3 Å². The first-order chi connectivity index (χ1) is 16.9. The van der Waals surface area contributed by atoms with E-state index in [0.717, 1.165) is 4.90 Å². The Balaban J connectivity index is 1.78. The van der Waals surface area contributed by atoms with Crippen LogP contribution in [0.1, 0.15) is 17.2 Å². The van der Waals surface area contributed by atoms with Crippen molar-refractivity contribution in [3.05, 3.63) is 89.2 Å². The predicted molar refractivity (Wildman–Crippen MR) is 127 cm³/mol. The number of ketones is 1. The van der Waals surface area contributed by atoms with Crippen molar-refractivity contribution in [2.45, 2.75) is 6.04 Å². The maximum atomic E-state index is 15.1. The fourth-order valence-electron chi connectivity index (χ4n) is 4.24. The van der Waals surface area contributed by atoms with Gasteiger partial charge in [-0.05, 0) is 36.4 Å². The van der Waals surface area contributed by atoms with E-state index in [1.807, 2.05) is 0 Å². The Morgan fingerprint density at radius 1 is 1.03 bits per heavy atom. The zero-order valence-electron chi connectivity index (χ0n) is 18.8. The van der Waals surface area contributed by atoms with Gasteiger partial charge in [0.05, 0.1) is 36.4 Å². The van der Waals surface area contributed by atoms with Gasteiger partial charge in [-0.3, -0.25) is 14.5 Å². The molecule has 2 N–H and O–H groups in total. The summed E-state index contributed by atoms with van der Waals surface area (Å²) in [5, 5.41) is 11.4. The second-order valence-electron chi connectivity index (χ2n) is 7.83. The molecule has 0 saturated carbocycles. The molecule has 1 aliphatic rings.